The van der Waals surface area contributed by atoms with Gasteiger partial charge in [0, 0.05) is 36.5 Å². The normalized spacial score (nSPS) is 18.3. The van der Waals surface area contributed by atoms with Gasteiger partial charge < -0.3 is 10.6 Å². The van der Waals surface area contributed by atoms with Crippen LogP contribution in [-0.2, 0) is 12.7 Å². The summed E-state index contributed by atoms with van der Waals surface area (Å²) in [6.07, 6.45) is 2.59. The number of benzene rings is 2. The molecule has 1 amide bonds. The van der Waals surface area contributed by atoms with Gasteiger partial charge in [0.1, 0.15) is 5.82 Å². The molecule has 1 saturated heterocycles. The molecule has 0 unspecified atom stereocenters. The highest BCUT2D eigenvalue weighted by atomic mass is 19.4. The van der Waals surface area contributed by atoms with Gasteiger partial charge in [-0.2, -0.15) is 13.2 Å². The van der Waals surface area contributed by atoms with Crippen molar-refractivity contribution in [3.63, 3.8) is 0 Å². The zero-order valence-electron chi connectivity index (χ0n) is 21.3. The average Bonchev–Trinajstić information content (AvgIpc) is 3.33. The molecule has 1 fully saturated rings. The van der Waals surface area contributed by atoms with Crippen LogP contribution in [0.5, 0.6) is 0 Å². The van der Waals surface area contributed by atoms with Crippen LogP contribution in [0.1, 0.15) is 53.2 Å². The molecule has 0 spiro atoms. The van der Waals surface area contributed by atoms with Crippen molar-refractivity contribution in [3.8, 4) is 11.1 Å². The number of carbonyl (C=O) groups is 1. The van der Waals surface area contributed by atoms with E-state index in [0.717, 1.165) is 67.7 Å². The molecule has 1 aromatic heterocycles. The molecular weight excluding hydrogens is 489 g/mol. The summed E-state index contributed by atoms with van der Waals surface area (Å²) in [5, 5.41) is 6.20. The maximum Gasteiger partial charge on any atom is 0.416 e. The lowest BCUT2D eigenvalue weighted by molar-refractivity contribution is -0.137. The molecule has 2 aromatic carbocycles. The second-order valence-corrected chi connectivity index (χ2v) is 9.98. The van der Waals surface area contributed by atoms with E-state index in [4.69, 9.17) is 0 Å². The molecule has 0 saturated carbocycles. The van der Waals surface area contributed by atoms with Gasteiger partial charge in [0.2, 0.25) is 0 Å². The SMILES string of the molecule is C[C@@H]1CCCN1Cc1cc(NC(=O)c2ccc(C3=CCNCC3)cc2)ncc1-c1ccc(C(F)(F)F)cc1. The van der Waals surface area contributed by atoms with Crippen LogP contribution in [0.15, 0.2) is 66.9 Å². The Labute approximate surface area is 220 Å². The minimum atomic E-state index is -4.39. The minimum Gasteiger partial charge on any atom is -0.313 e. The molecule has 0 aliphatic carbocycles. The Kier molecular flexibility index (Phi) is 7.63. The molecule has 0 radical (unpaired) electrons. The van der Waals surface area contributed by atoms with Gasteiger partial charge in [-0.05, 0) is 91.9 Å². The number of nitrogens with zero attached hydrogens (tertiary/aromatic N) is 2. The second kappa shape index (κ2) is 11.1. The highest BCUT2D eigenvalue weighted by molar-refractivity contribution is 6.04. The fourth-order valence-electron chi connectivity index (χ4n) is 5.15. The Balaban J connectivity index is 1.38. The summed E-state index contributed by atoms with van der Waals surface area (Å²) in [5.41, 5.74) is 4.57. The Hall–Kier alpha value is -3.49. The summed E-state index contributed by atoms with van der Waals surface area (Å²) < 4.78 is 39.2. The van der Waals surface area contributed by atoms with Crippen LogP contribution >= 0.6 is 0 Å². The third-order valence-corrected chi connectivity index (χ3v) is 7.40. The van der Waals surface area contributed by atoms with Gasteiger partial charge in [0.05, 0.1) is 5.56 Å². The van der Waals surface area contributed by atoms with E-state index < -0.39 is 11.7 Å². The number of pyridine rings is 1. The monoisotopic (exact) mass is 520 g/mol. The number of likely N-dealkylation sites (tertiary alicyclic amines) is 1. The Morgan fingerprint density at radius 2 is 1.84 bits per heavy atom. The van der Waals surface area contributed by atoms with Crippen LogP contribution in [0.4, 0.5) is 19.0 Å². The molecule has 38 heavy (non-hydrogen) atoms. The van der Waals surface area contributed by atoms with Gasteiger partial charge in [-0.25, -0.2) is 4.98 Å². The van der Waals surface area contributed by atoms with Gasteiger partial charge in [0.25, 0.3) is 5.91 Å². The number of amides is 1. The van der Waals surface area contributed by atoms with Crippen LogP contribution < -0.4 is 10.6 Å². The molecule has 2 aliphatic heterocycles. The van der Waals surface area contributed by atoms with Crippen LogP contribution in [0.2, 0.25) is 0 Å². The molecule has 3 aromatic rings. The fraction of sp³-hybridized carbons (Fsp3) is 0.333. The molecule has 0 bridgehead atoms. The number of carbonyl (C=O) groups excluding carboxylic acids is 1. The van der Waals surface area contributed by atoms with Crippen LogP contribution in [-0.4, -0.2) is 41.5 Å². The lowest BCUT2D eigenvalue weighted by Gasteiger charge is -2.23. The summed E-state index contributed by atoms with van der Waals surface area (Å²) in [6, 6.07) is 15.0. The molecule has 5 rings (SSSR count). The van der Waals surface area contributed by atoms with Gasteiger partial charge in [0.15, 0.2) is 0 Å². The minimum absolute atomic E-state index is 0.258. The highest BCUT2D eigenvalue weighted by Crippen LogP contribution is 2.33. The number of hydrogen-bond donors (Lipinski definition) is 2. The number of rotatable bonds is 6. The number of halogens is 3. The standard InChI is InChI=1S/C30H31F3N4O/c1-20-3-2-16-37(20)19-25-17-28(35-18-27(25)23-8-10-26(11-9-23)30(31,32)33)36-29(38)24-6-4-21(5-7-24)22-12-14-34-15-13-22/h4-12,17-18,20,34H,2-3,13-16,19H2,1H3,(H,35,36,38)/t20-/m1/s1. The van der Waals surface area contributed by atoms with E-state index in [0.29, 0.717) is 29.5 Å². The number of nitrogens with one attached hydrogen (secondary N) is 2. The molecular formula is C30H31F3N4O. The predicted octanol–water partition coefficient (Wildman–Crippen LogP) is 6.38. The van der Waals surface area contributed by atoms with Crippen molar-refractivity contribution < 1.29 is 18.0 Å². The van der Waals surface area contributed by atoms with E-state index in [1.54, 1.807) is 6.20 Å². The third kappa shape index (κ3) is 5.97. The lowest BCUT2D eigenvalue weighted by Crippen LogP contribution is -2.26. The number of aromatic nitrogens is 1. The smallest absolute Gasteiger partial charge is 0.313 e. The van der Waals surface area contributed by atoms with E-state index in [9.17, 15) is 18.0 Å². The fourth-order valence-corrected chi connectivity index (χ4v) is 5.15. The summed E-state index contributed by atoms with van der Waals surface area (Å²) in [4.78, 5) is 19.8. The van der Waals surface area contributed by atoms with Gasteiger partial charge in [-0.3, -0.25) is 9.69 Å². The second-order valence-electron chi connectivity index (χ2n) is 9.98. The summed E-state index contributed by atoms with van der Waals surface area (Å²) in [7, 11) is 0. The van der Waals surface area contributed by atoms with Crippen molar-refractivity contribution in [1.29, 1.82) is 0 Å². The van der Waals surface area contributed by atoms with E-state index in [1.807, 2.05) is 30.3 Å². The third-order valence-electron chi connectivity index (χ3n) is 7.40. The number of anilines is 1. The van der Waals surface area contributed by atoms with Crippen molar-refractivity contribution in [2.45, 2.75) is 44.9 Å². The van der Waals surface area contributed by atoms with Crippen molar-refractivity contribution in [2.24, 2.45) is 0 Å². The molecule has 2 N–H and O–H groups in total. The van der Waals surface area contributed by atoms with E-state index in [2.05, 4.69) is 33.5 Å². The molecule has 198 valence electrons. The quantitative estimate of drug-likeness (QED) is 0.396. The van der Waals surface area contributed by atoms with Crippen molar-refractivity contribution >= 4 is 17.3 Å². The zero-order valence-corrected chi connectivity index (χ0v) is 21.3. The molecule has 1 atom stereocenters. The van der Waals surface area contributed by atoms with Crippen molar-refractivity contribution in [2.75, 3.05) is 25.0 Å². The first kappa shape index (κ1) is 26.1. The lowest BCUT2D eigenvalue weighted by atomic mass is 9.99. The van der Waals surface area contributed by atoms with Gasteiger partial charge >= 0.3 is 6.18 Å². The van der Waals surface area contributed by atoms with Crippen LogP contribution in [0.25, 0.3) is 16.7 Å². The maximum absolute atomic E-state index is 13.1. The predicted molar refractivity (Wildman–Crippen MR) is 144 cm³/mol. The zero-order chi connectivity index (χ0) is 26.7. The number of alkyl halides is 3. The number of hydrogen-bond acceptors (Lipinski definition) is 4. The largest absolute Gasteiger partial charge is 0.416 e. The Morgan fingerprint density at radius 3 is 2.47 bits per heavy atom. The first-order valence-electron chi connectivity index (χ1n) is 13.0. The van der Waals surface area contributed by atoms with Crippen molar-refractivity contribution in [3.05, 3.63) is 89.1 Å². The Bertz CT molecular complexity index is 1320. The van der Waals surface area contributed by atoms with E-state index in [1.165, 1.54) is 17.7 Å². The Morgan fingerprint density at radius 1 is 1.11 bits per heavy atom. The maximum atomic E-state index is 13.1. The summed E-state index contributed by atoms with van der Waals surface area (Å²) >= 11 is 0. The molecule has 2 aliphatic rings. The average molecular weight is 521 g/mol. The van der Waals surface area contributed by atoms with Gasteiger partial charge in [-0.1, -0.05) is 30.3 Å². The van der Waals surface area contributed by atoms with E-state index in [-0.39, 0.29) is 5.91 Å². The molecule has 5 nitrogen and oxygen atoms in total. The van der Waals surface area contributed by atoms with Crippen LogP contribution in [0, 0.1) is 0 Å². The van der Waals surface area contributed by atoms with E-state index >= 15 is 0 Å². The van der Waals surface area contributed by atoms with Crippen molar-refractivity contribution in [1.82, 2.24) is 15.2 Å². The summed E-state index contributed by atoms with van der Waals surface area (Å²) in [5.74, 6) is 0.156. The molecule has 8 heteroatoms. The summed E-state index contributed by atoms with van der Waals surface area (Å²) in [6.45, 7) is 5.56. The van der Waals surface area contributed by atoms with Gasteiger partial charge in [-0.15, -0.1) is 0 Å². The highest BCUT2D eigenvalue weighted by Gasteiger charge is 2.30. The first-order chi connectivity index (χ1) is 18.3. The first-order valence-corrected chi connectivity index (χ1v) is 13.0. The van der Waals surface area contributed by atoms with Crippen LogP contribution in [0.3, 0.4) is 0 Å². The topological polar surface area (TPSA) is 57.3 Å². The molecule has 3 heterocycles.